The minimum absolute atomic E-state index is 0.109. The Kier molecular flexibility index (Phi) is 5.50. The van der Waals surface area contributed by atoms with Crippen molar-refractivity contribution < 1.29 is 14.2 Å². The molecule has 4 rings (SSSR count). The quantitative estimate of drug-likeness (QED) is 0.551. The van der Waals surface area contributed by atoms with Gasteiger partial charge < -0.3 is 19.5 Å². The first-order valence-corrected chi connectivity index (χ1v) is 10.6. The molecule has 0 saturated heterocycles. The Balaban J connectivity index is 1.80. The van der Waals surface area contributed by atoms with E-state index in [1.165, 1.54) is 4.88 Å². The van der Waals surface area contributed by atoms with Crippen molar-refractivity contribution in [2.45, 2.75) is 10.1 Å². The zero-order valence-electron chi connectivity index (χ0n) is 15.9. The molecule has 1 atom stereocenters. The van der Waals surface area contributed by atoms with Crippen LogP contribution in [0, 0.1) is 0 Å². The van der Waals surface area contributed by atoms with E-state index in [4.69, 9.17) is 14.2 Å². The lowest BCUT2D eigenvalue weighted by Gasteiger charge is -2.15. The fourth-order valence-corrected chi connectivity index (χ4v) is 5.01. The van der Waals surface area contributed by atoms with Crippen molar-refractivity contribution in [1.29, 1.82) is 0 Å². The highest BCUT2D eigenvalue weighted by Gasteiger charge is 2.22. The maximum absolute atomic E-state index is 5.52. The summed E-state index contributed by atoms with van der Waals surface area (Å²) in [5.74, 6) is 2.31. The SMILES string of the molecule is COc1ccc2c(c1)SC(c1ccc(OC)c(OC)c1)C=C(c1cccs1)N2. The van der Waals surface area contributed by atoms with Crippen LogP contribution in [0.2, 0.25) is 0 Å². The highest BCUT2D eigenvalue weighted by molar-refractivity contribution is 7.99. The van der Waals surface area contributed by atoms with E-state index in [-0.39, 0.29) is 5.25 Å². The second kappa shape index (κ2) is 8.20. The topological polar surface area (TPSA) is 39.7 Å². The number of anilines is 1. The van der Waals surface area contributed by atoms with E-state index < -0.39 is 0 Å². The number of methoxy groups -OCH3 is 3. The molecule has 0 aliphatic carbocycles. The molecule has 2 heterocycles. The van der Waals surface area contributed by atoms with Crippen LogP contribution in [0.1, 0.15) is 15.7 Å². The average Bonchev–Trinajstić information content (AvgIpc) is 3.20. The third-order valence-corrected chi connectivity index (χ3v) is 6.71. The van der Waals surface area contributed by atoms with Crippen LogP contribution in [-0.2, 0) is 0 Å². The standard InChI is InChI=1S/C22H21NO3S2/c1-24-15-7-8-16-22(12-15)28-21(13-17(23-16)20-5-4-10-27-20)14-6-9-18(25-2)19(11-14)26-3/h4-13,21,23H,1-3H3. The summed E-state index contributed by atoms with van der Waals surface area (Å²) in [6, 6.07) is 16.4. The van der Waals surface area contributed by atoms with Crippen LogP contribution in [0.3, 0.4) is 0 Å². The van der Waals surface area contributed by atoms with Crippen molar-refractivity contribution in [3.63, 3.8) is 0 Å². The van der Waals surface area contributed by atoms with Gasteiger partial charge in [0, 0.05) is 4.90 Å². The normalized spacial score (nSPS) is 15.7. The van der Waals surface area contributed by atoms with Crippen molar-refractivity contribution in [3.8, 4) is 17.2 Å². The monoisotopic (exact) mass is 411 g/mol. The minimum atomic E-state index is 0.109. The van der Waals surface area contributed by atoms with Gasteiger partial charge in [0.1, 0.15) is 5.75 Å². The van der Waals surface area contributed by atoms with E-state index in [0.29, 0.717) is 0 Å². The maximum Gasteiger partial charge on any atom is 0.161 e. The van der Waals surface area contributed by atoms with Crippen LogP contribution >= 0.6 is 23.1 Å². The Bertz CT molecular complexity index is 999. The highest BCUT2D eigenvalue weighted by atomic mass is 32.2. The summed E-state index contributed by atoms with van der Waals surface area (Å²) >= 11 is 3.51. The highest BCUT2D eigenvalue weighted by Crippen LogP contribution is 2.47. The number of ether oxygens (including phenoxy) is 3. The summed E-state index contributed by atoms with van der Waals surface area (Å²) in [5, 5.41) is 5.81. The lowest BCUT2D eigenvalue weighted by molar-refractivity contribution is 0.354. The molecular formula is C22H21NO3S2. The molecule has 0 spiro atoms. The number of hydrogen-bond donors (Lipinski definition) is 1. The summed E-state index contributed by atoms with van der Waals surface area (Å²) in [6.07, 6.45) is 2.27. The largest absolute Gasteiger partial charge is 0.497 e. The fourth-order valence-electron chi connectivity index (χ4n) is 3.11. The molecule has 2 aromatic carbocycles. The number of thioether (sulfide) groups is 1. The second-order valence-electron chi connectivity index (χ2n) is 6.20. The van der Waals surface area contributed by atoms with Crippen molar-refractivity contribution in [2.24, 2.45) is 0 Å². The molecule has 1 aromatic heterocycles. The zero-order valence-corrected chi connectivity index (χ0v) is 17.5. The second-order valence-corrected chi connectivity index (χ2v) is 8.33. The van der Waals surface area contributed by atoms with Crippen LogP contribution in [0.25, 0.3) is 5.70 Å². The predicted molar refractivity (Wildman–Crippen MR) is 117 cm³/mol. The summed E-state index contributed by atoms with van der Waals surface area (Å²) < 4.78 is 16.3. The van der Waals surface area contributed by atoms with E-state index in [0.717, 1.165) is 39.1 Å². The lowest BCUT2D eigenvalue weighted by atomic mass is 10.1. The molecule has 3 aromatic rings. The molecule has 4 nitrogen and oxygen atoms in total. The number of nitrogens with one attached hydrogen (secondary N) is 1. The molecule has 1 aliphatic rings. The third-order valence-electron chi connectivity index (χ3n) is 4.55. The Morgan fingerprint density at radius 3 is 2.46 bits per heavy atom. The third kappa shape index (κ3) is 3.70. The molecule has 0 radical (unpaired) electrons. The number of hydrogen-bond acceptors (Lipinski definition) is 6. The first kappa shape index (κ1) is 18.8. The van der Waals surface area contributed by atoms with Gasteiger partial charge in [0.25, 0.3) is 0 Å². The Morgan fingerprint density at radius 1 is 0.893 bits per heavy atom. The average molecular weight is 412 g/mol. The molecular weight excluding hydrogens is 390 g/mol. The van der Waals surface area contributed by atoms with Crippen LogP contribution < -0.4 is 19.5 Å². The summed E-state index contributed by atoms with van der Waals surface area (Å²) in [7, 11) is 5.01. The fraction of sp³-hybridized carbons (Fsp3) is 0.182. The molecule has 28 heavy (non-hydrogen) atoms. The predicted octanol–water partition coefficient (Wildman–Crippen LogP) is 6.07. The van der Waals surface area contributed by atoms with Crippen molar-refractivity contribution in [3.05, 3.63) is 70.4 Å². The molecule has 0 saturated carbocycles. The van der Waals surface area contributed by atoms with Gasteiger partial charge in [-0.3, -0.25) is 0 Å². The van der Waals surface area contributed by atoms with E-state index in [9.17, 15) is 0 Å². The van der Waals surface area contributed by atoms with Gasteiger partial charge in [0.05, 0.1) is 42.8 Å². The Morgan fingerprint density at radius 2 is 1.75 bits per heavy atom. The van der Waals surface area contributed by atoms with E-state index >= 15 is 0 Å². The molecule has 1 N–H and O–H groups in total. The van der Waals surface area contributed by atoms with E-state index in [2.05, 4.69) is 47.1 Å². The molecule has 1 unspecified atom stereocenters. The molecule has 144 valence electrons. The molecule has 1 aliphatic heterocycles. The maximum atomic E-state index is 5.52. The van der Waals surface area contributed by atoms with Crippen LogP contribution in [-0.4, -0.2) is 21.3 Å². The molecule has 6 heteroatoms. The van der Waals surface area contributed by atoms with E-state index in [1.807, 2.05) is 18.2 Å². The summed E-state index contributed by atoms with van der Waals surface area (Å²) in [5.41, 5.74) is 3.33. The first-order chi connectivity index (χ1) is 13.7. The zero-order chi connectivity index (χ0) is 19.5. The van der Waals surface area contributed by atoms with Crippen LogP contribution in [0.4, 0.5) is 5.69 Å². The molecule has 0 bridgehead atoms. The Labute approximate surface area is 173 Å². The number of benzene rings is 2. The Hall–Kier alpha value is -2.57. The van der Waals surface area contributed by atoms with Gasteiger partial charge in [-0.05, 0) is 53.4 Å². The minimum Gasteiger partial charge on any atom is -0.497 e. The number of rotatable bonds is 5. The van der Waals surface area contributed by atoms with Gasteiger partial charge in [-0.25, -0.2) is 0 Å². The van der Waals surface area contributed by atoms with Crippen LogP contribution in [0.5, 0.6) is 17.2 Å². The van der Waals surface area contributed by atoms with Gasteiger partial charge in [-0.1, -0.05) is 12.1 Å². The molecule has 0 amide bonds. The lowest BCUT2D eigenvalue weighted by Crippen LogP contribution is -1.98. The summed E-state index contributed by atoms with van der Waals surface area (Å²) in [4.78, 5) is 2.34. The van der Waals surface area contributed by atoms with Gasteiger partial charge in [-0.15, -0.1) is 23.1 Å². The van der Waals surface area contributed by atoms with Gasteiger partial charge >= 0.3 is 0 Å². The smallest absolute Gasteiger partial charge is 0.161 e. The van der Waals surface area contributed by atoms with Crippen molar-refractivity contribution in [1.82, 2.24) is 0 Å². The van der Waals surface area contributed by atoms with Gasteiger partial charge in [-0.2, -0.15) is 0 Å². The molecule has 0 fully saturated rings. The first-order valence-electron chi connectivity index (χ1n) is 8.81. The van der Waals surface area contributed by atoms with Gasteiger partial charge in [0.15, 0.2) is 11.5 Å². The van der Waals surface area contributed by atoms with Crippen molar-refractivity contribution in [2.75, 3.05) is 26.6 Å². The van der Waals surface area contributed by atoms with Gasteiger partial charge in [0.2, 0.25) is 0 Å². The van der Waals surface area contributed by atoms with Crippen molar-refractivity contribution >= 4 is 34.5 Å². The number of thiophene rings is 1. The van der Waals surface area contributed by atoms with Crippen LogP contribution in [0.15, 0.2) is 64.9 Å². The summed E-state index contributed by atoms with van der Waals surface area (Å²) in [6.45, 7) is 0. The van der Waals surface area contributed by atoms with E-state index in [1.54, 1.807) is 44.4 Å². The number of fused-ring (bicyclic) bond motifs is 1.